The predicted molar refractivity (Wildman–Crippen MR) is 233 cm³/mol. The summed E-state index contributed by atoms with van der Waals surface area (Å²) in [6, 6.07) is 48.0. The van der Waals surface area contributed by atoms with Crippen LogP contribution in [0.3, 0.4) is 0 Å². The zero-order valence-corrected chi connectivity index (χ0v) is 37.9. The molecule has 0 saturated carbocycles. The Morgan fingerprint density at radius 1 is 0.737 bits per heavy atom. The summed E-state index contributed by atoms with van der Waals surface area (Å²) in [6.07, 6.45) is 5.06. The maximum absolute atomic E-state index is 6.28. The van der Waals surface area contributed by atoms with Gasteiger partial charge in [-0.05, 0) is 30.7 Å². The van der Waals surface area contributed by atoms with E-state index in [1.807, 2.05) is 67.7 Å². The first-order valence-electron chi connectivity index (χ1n) is 19.1. The van der Waals surface area contributed by atoms with Gasteiger partial charge in [-0.2, -0.15) is 4.98 Å². The van der Waals surface area contributed by atoms with Gasteiger partial charge in [-0.15, -0.1) is 18.2 Å². The number of aryl methyl sites for hydroxylation is 1. The van der Waals surface area contributed by atoms with Crippen LogP contribution in [-0.2, 0) is 26.5 Å². The van der Waals surface area contributed by atoms with E-state index in [0.29, 0.717) is 22.5 Å². The summed E-state index contributed by atoms with van der Waals surface area (Å²) < 4.78 is 10.0. The minimum absolute atomic E-state index is 0. The fourth-order valence-electron chi connectivity index (χ4n) is 7.33. The summed E-state index contributed by atoms with van der Waals surface area (Å²) in [6.45, 7) is 8.78. The molecule has 0 saturated heterocycles. The van der Waals surface area contributed by atoms with Gasteiger partial charge in [-0.3, -0.25) is 4.98 Å². The van der Waals surface area contributed by atoms with Gasteiger partial charge in [0.25, 0.3) is 0 Å². The minimum Gasteiger partial charge on any atom is -0.486 e. The van der Waals surface area contributed by atoms with Crippen molar-refractivity contribution in [2.75, 3.05) is 0 Å². The van der Waals surface area contributed by atoms with Crippen LogP contribution in [0, 0.1) is 24.5 Å². The van der Waals surface area contributed by atoms with Crippen LogP contribution in [0.25, 0.3) is 72.6 Å². The topological polar surface area (TPSA) is 69.6 Å². The van der Waals surface area contributed by atoms with Gasteiger partial charge in [0.2, 0.25) is 5.71 Å². The van der Waals surface area contributed by atoms with E-state index < -0.39 is 13.3 Å². The normalized spacial score (nSPS) is 11.7. The van der Waals surface area contributed by atoms with Crippen molar-refractivity contribution in [3.63, 3.8) is 0 Å². The number of pyridine rings is 1. The molecule has 4 heterocycles. The van der Waals surface area contributed by atoms with Gasteiger partial charge in [-0.1, -0.05) is 71.6 Å². The summed E-state index contributed by atoms with van der Waals surface area (Å²) in [4.78, 5) is 18.7. The van der Waals surface area contributed by atoms with E-state index in [9.17, 15) is 0 Å². The Balaban J connectivity index is 0.000000195. The molecular formula is C49H45GeIrN5O-2. The number of aromatic nitrogens is 5. The monoisotopic (exact) mass is 986 g/mol. The number of fused-ring (bicyclic) bond motifs is 4. The summed E-state index contributed by atoms with van der Waals surface area (Å²) in [5.74, 6) is 8.77. The number of rotatable bonds is 6. The molecule has 6 nitrogen and oxygen atoms in total. The summed E-state index contributed by atoms with van der Waals surface area (Å²) in [5, 5.41) is 1.83. The fraction of sp³-hybridized carbons (Fsp3) is 0.184. The molecule has 0 fully saturated rings. The third kappa shape index (κ3) is 8.43. The van der Waals surface area contributed by atoms with Crippen LogP contribution in [0.1, 0.15) is 32.2 Å². The molecule has 8 heteroatoms. The SMILES string of the molecule is CC(C)(C)Cc1cc(-c2[c-]cccc2)nc[c]1[Ge]([CH3])([CH3])[CH3].Cc1ncc2c(n1)oc1c(-c3nc4ccccc4n3-c3ccccc3-c3ccccc3)[c-]ccc12.[Ir]. The van der Waals surface area contributed by atoms with Gasteiger partial charge in [0.15, 0.2) is 0 Å². The smallest absolute Gasteiger partial charge is 0.219 e. The third-order valence-electron chi connectivity index (χ3n) is 9.83. The Bertz CT molecular complexity index is 2820. The standard InChI is InChI=1S/C30H19N4O.C19H26GeN.Ir/c1-19-31-18-24-22-13-9-14-23(28(22)35-30(24)32-19)29-33-25-15-6-8-17-27(25)34(29)26-16-7-5-12-21(26)20-10-3-2-4-11-20;1-19(2,3)13-16-12-18(15-10-8-7-9-11-15)21-14-17(16)20(4,5)6;/h2-13,15-18H,1H3;7-10,12,14H,13H2,1-6H3;/q2*-1;. The van der Waals surface area contributed by atoms with Crippen LogP contribution in [-0.4, -0.2) is 37.8 Å². The van der Waals surface area contributed by atoms with Gasteiger partial charge in [0.1, 0.15) is 5.82 Å². The molecule has 0 spiro atoms. The van der Waals surface area contributed by atoms with Crippen molar-refractivity contribution in [1.82, 2.24) is 24.5 Å². The second kappa shape index (κ2) is 16.3. The van der Waals surface area contributed by atoms with Gasteiger partial charge < -0.3 is 8.98 Å². The van der Waals surface area contributed by atoms with Gasteiger partial charge in [-0.25, -0.2) is 4.98 Å². The Kier molecular flexibility index (Phi) is 11.5. The molecule has 0 unspecified atom stereocenters. The van der Waals surface area contributed by atoms with Gasteiger partial charge in [0.05, 0.1) is 22.4 Å². The molecule has 0 aliphatic rings. The van der Waals surface area contributed by atoms with E-state index in [2.05, 4.69) is 138 Å². The predicted octanol–water partition coefficient (Wildman–Crippen LogP) is 11.8. The molecule has 57 heavy (non-hydrogen) atoms. The van der Waals surface area contributed by atoms with Crippen LogP contribution < -0.4 is 4.40 Å². The summed E-state index contributed by atoms with van der Waals surface area (Å²) in [5.41, 5.74) is 11.2. The van der Waals surface area contributed by atoms with Crippen molar-refractivity contribution in [2.45, 2.75) is 51.4 Å². The van der Waals surface area contributed by atoms with Crippen LogP contribution >= 0.6 is 0 Å². The van der Waals surface area contributed by atoms with E-state index >= 15 is 0 Å². The van der Waals surface area contributed by atoms with Crippen LogP contribution in [0.2, 0.25) is 17.3 Å². The van der Waals surface area contributed by atoms with E-state index in [0.717, 1.165) is 67.7 Å². The molecule has 5 aromatic carbocycles. The maximum Gasteiger partial charge on any atom is 0.219 e. The molecule has 0 aliphatic heterocycles. The number of furan rings is 1. The van der Waals surface area contributed by atoms with Crippen LogP contribution in [0.15, 0.2) is 138 Å². The average molecular weight is 985 g/mol. The number of hydrogen-bond donors (Lipinski definition) is 0. The van der Waals surface area contributed by atoms with E-state index in [4.69, 9.17) is 14.4 Å². The first-order chi connectivity index (χ1) is 26.9. The largest absolute Gasteiger partial charge is 0.486 e. The molecule has 9 rings (SSSR count). The van der Waals surface area contributed by atoms with Crippen molar-refractivity contribution >= 4 is 50.8 Å². The van der Waals surface area contributed by atoms with Crippen LogP contribution in [0.5, 0.6) is 0 Å². The first-order valence-corrected chi connectivity index (χ1v) is 26.4. The Morgan fingerprint density at radius 2 is 1.47 bits per heavy atom. The number of benzene rings is 5. The molecular weight excluding hydrogens is 939 g/mol. The van der Waals surface area contributed by atoms with Gasteiger partial charge in [0, 0.05) is 42.9 Å². The molecule has 4 aromatic heterocycles. The summed E-state index contributed by atoms with van der Waals surface area (Å²) in [7, 11) is 0. The van der Waals surface area contributed by atoms with E-state index in [-0.39, 0.29) is 20.1 Å². The van der Waals surface area contributed by atoms with Crippen molar-refractivity contribution in [2.24, 2.45) is 5.41 Å². The third-order valence-corrected chi connectivity index (χ3v) is 14.2. The molecule has 287 valence electrons. The van der Waals surface area contributed by atoms with Crippen molar-refractivity contribution in [3.8, 4) is 39.5 Å². The Hall–Kier alpha value is -5.21. The molecule has 0 atom stereocenters. The molecule has 1 radical (unpaired) electrons. The number of imidazole rings is 1. The van der Waals surface area contributed by atoms with Gasteiger partial charge >= 0.3 is 132 Å². The zero-order chi connectivity index (χ0) is 39.0. The second-order valence-corrected chi connectivity index (χ2v) is 27.0. The molecule has 0 aliphatic carbocycles. The molecule has 9 aromatic rings. The number of nitrogens with zero attached hydrogens (tertiary/aromatic N) is 5. The quantitative estimate of drug-likeness (QED) is 0.123. The first kappa shape index (κ1) is 40.0. The minimum atomic E-state index is -1.90. The van der Waals surface area contributed by atoms with E-state index in [1.54, 1.807) is 0 Å². The second-order valence-electron chi connectivity index (χ2n) is 16.5. The zero-order valence-electron chi connectivity index (χ0n) is 33.4. The van der Waals surface area contributed by atoms with Crippen molar-refractivity contribution < 1.29 is 24.5 Å². The van der Waals surface area contributed by atoms with Crippen molar-refractivity contribution in [1.29, 1.82) is 0 Å². The maximum atomic E-state index is 6.28. The summed E-state index contributed by atoms with van der Waals surface area (Å²) >= 11 is -1.90. The Morgan fingerprint density at radius 3 is 2.23 bits per heavy atom. The Labute approximate surface area is 351 Å². The molecule has 0 bridgehead atoms. The van der Waals surface area contributed by atoms with E-state index in [1.165, 1.54) is 9.96 Å². The fourth-order valence-corrected chi connectivity index (χ4v) is 10.6. The van der Waals surface area contributed by atoms with Crippen molar-refractivity contribution in [3.05, 3.63) is 157 Å². The molecule has 0 amide bonds. The number of hydrogen-bond acceptors (Lipinski definition) is 5. The average Bonchev–Trinajstić information content (AvgIpc) is 3.76. The molecule has 0 N–H and O–H groups in total. The number of para-hydroxylation sites is 3. The van der Waals surface area contributed by atoms with Crippen LogP contribution in [0.4, 0.5) is 0 Å².